The number of methoxy groups -OCH3 is 1. The molecule has 1 atom stereocenters. The Morgan fingerprint density at radius 2 is 2.29 bits per heavy atom. The van der Waals surface area contributed by atoms with Crippen LogP contribution in [-0.4, -0.2) is 32.8 Å². The van der Waals surface area contributed by atoms with Crippen molar-refractivity contribution >= 4 is 23.2 Å². The zero-order valence-corrected chi connectivity index (χ0v) is 9.97. The maximum absolute atomic E-state index is 10.9. The van der Waals surface area contributed by atoms with Crippen molar-refractivity contribution in [2.45, 2.75) is 13.0 Å². The minimum atomic E-state index is -1.06. The highest BCUT2D eigenvalue weighted by Gasteiger charge is 2.17. The van der Waals surface area contributed by atoms with Crippen LogP contribution < -0.4 is 0 Å². The molecule has 0 spiro atoms. The zero-order chi connectivity index (χ0) is 12.6. The lowest BCUT2D eigenvalue weighted by atomic mass is 10.3. The van der Waals surface area contributed by atoms with Gasteiger partial charge in [0.1, 0.15) is 6.10 Å². The highest BCUT2D eigenvalue weighted by molar-refractivity contribution is 6.33. The Hall–Kier alpha value is -1.66. The van der Waals surface area contributed by atoms with Gasteiger partial charge in [0.2, 0.25) is 0 Å². The maximum atomic E-state index is 10.9. The lowest BCUT2D eigenvalue weighted by Crippen LogP contribution is -2.05. The van der Waals surface area contributed by atoms with Gasteiger partial charge >= 0.3 is 5.97 Å². The molecule has 2 aromatic heterocycles. The molecule has 1 unspecified atom stereocenters. The lowest BCUT2D eigenvalue weighted by molar-refractivity contribution is 0.0696. The van der Waals surface area contributed by atoms with Gasteiger partial charge in [-0.2, -0.15) is 0 Å². The van der Waals surface area contributed by atoms with Crippen molar-refractivity contribution < 1.29 is 14.6 Å². The highest BCUT2D eigenvalue weighted by atomic mass is 35.5. The number of aromatic carboxylic acids is 1. The predicted molar refractivity (Wildman–Crippen MR) is 60.4 cm³/mol. The van der Waals surface area contributed by atoms with Gasteiger partial charge in [-0.3, -0.25) is 4.40 Å². The van der Waals surface area contributed by atoms with Gasteiger partial charge in [0.05, 0.1) is 10.6 Å². The van der Waals surface area contributed by atoms with Crippen molar-refractivity contribution in [3.8, 4) is 0 Å². The molecule has 0 radical (unpaired) electrons. The molecule has 0 fully saturated rings. The second kappa shape index (κ2) is 4.31. The first-order valence-corrected chi connectivity index (χ1v) is 5.22. The van der Waals surface area contributed by atoms with Crippen LogP contribution in [0.1, 0.15) is 29.2 Å². The molecule has 6 nitrogen and oxygen atoms in total. The van der Waals surface area contributed by atoms with Crippen LogP contribution in [0, 0.1) is 0 Å². The van der Waals surface area contributed by atoms with Gasteiger partial charge in [-0.15, -0.1) is 10.2 Å². The molecule has 2 heterocycles. The number of halogens is 1. The molecule has 0 bridgehead atoms. The molecule has 0 aliphatic heterocycles. The third kappa shape index (κ3) is 1.96. The maximum Gasteiger partial charge on any atom is 0.337 e. The van der Waals surface area contributed by atoms with Gasteiger partial charge in [0.25, 0.3) is 0 Å². The molecule has 1 N–H and O–H groups in total. The van der Waals surface area contributed by atoms with E-state index >= 15 is 0 Å². The Balaban J connectivity index is 2.69. The number of aromatic nitrogens is 3. The number of fused-ring (bicyclic) bond motifs is 1. The zero-order valence-electron chi connectivity index (χ0n) is 9.22. The molecule has 2 rings (SSSR count). The number of rotatable bonds is 3. The van der Waals surface area contributed by atoms with Gasteiger partial charge in [-0.1, -0.05) is 11.6 Å². The van der Waals surface area contributed by atoms with E-state index in [0.29, 0.717) is 11.5 Å². The monoisotopic (exact) mass is 255 g/mol. The van der Waals surface area contributed by atoms with Crippen molar-refractivity contribution in [1.29, 1.82) is 0 Å². The van der Waals surface area contributed by atoms with E-state index < -0.39 is 5.97 Å². The SMILES string of the molecule is COC(C)c1nnc2c(Cl)cc(C(=O)O)cn12. The van der Waals surface area contributed by atoms with Crippen LogP contribution >= 0.6 is 11.6 Å². The predicted octanol–water partition coefficient (Wildman–Crippen LogP) is 1.79. The normalized spacial score (nSPS) is 12.9. The number of pyridine rings is 1. The molecule has 2 aromatic rings. The van der Waals surface area contributed by atoms with Gasteiger partial charge < -0.3 is 9.84 Å². The molecule has 0 aliphatic rings. The third-order valence-electron chi connectivity index (χ3n) is 2.45. The average Bonchev–Trinajstić information content (AvgIpc) is 2.72. The van der Waals surface area contributed by atoms with Crippen molar-refractivity contribution in [3.05, 3.63) is 28.7 Å². The Morgan fingerprint density at radius 1 is 1.59 bits per heavy atom. The summed E-state index contributed by atoms with van der Waals surface area (Å²) in [6, 6.07) is 1.34. The van der Waals surface area contributed by atoms with Gasteiger partial charge in [0, 0.05) is 13.3 Å². The van der Waals surface area contributed by atoms with Gasteiger partial charge in [0.15, 0.2) is 11.5 Å². The summed E-state index contributed by atoms with van der Waals surface area (Å²) in [5.74, 6) is -0.550. The fourth-order valence-electron chi connectivity index (χ4n) is 1.47. The van der Waals surface area contributed by atoms with Crippen LogP contribution in [0.3, 0.4) is 0 Å². The number of hydrogen-bond acceptors (Lipinski definition) is 4. The van der Waals surface area contributed by atoms with Crippen molar-refractivity contribution in [2.75, 3.05) is 7.11 Å². The minimum absolute atomic E-state index is 0.0758. The second-order valence-corrected chi connectivity index (χ2v) is 3.92. The van der Waals surface area contributed by atoms with E-state index in [0.717, 1.165) is 0 Å². The molecule has 0 aromatic carbocycles. The van der Waals surface area contributed by atoms with Gasteiger partial charge in [-0.25, -0.2) is 4.79 Å². The topological polar surface area (TPSA) is 76.7 Å². The van der Waals surface area contributed by atoms with Crippen LogP contribution in [0.25, 0.3) is 5.65 Å². The summed E-state index contributed by atoms with van der Waals surface area (Å²) in [6.45, 7) is 1.79. The average molecular weight is 256 g/mol. The molecule has 0 saturated heterocycles. The number of carboxylic acid groups (broad SMARTS) is 1. The summed E-state index contributed by atoms with van der Waals surface area (Å²) in [5.41, 5.74) is 0.488. The van der Waals surface area contributed by atoms with E-state index in [-0.39, 0.29) is 16.7 Å². The van der Waals surface area contributed by atoms with Gasteiger partial charge in [-0.05, 0) is 13.0 Å². The standard InChI is InChI=1S/C10H10ClN3O3/c1-5(17-2)8-12-13-9-7(11)3-6(10(15)16)4-14(8)9/h3-5H,1-2H3,(H,15,16). The summed E-state index contributed by atoms with van der Waals surface area (Å²) in [7, 11) is 1.54. The first-order chi connectivity index (χ1) is 8.04. The van der Waals surface area contributed by atoms with Crippen LogP contribution in [0.15, 0.2) is 12.3 Å². The first-order valence-electron chi connectivity index (χ1n) is 4.85. The van der Waals surface area contributed by atoms with E-state index in [9.17, 15) is 4.79 Å². The van der Waals surface area contributed by atoms with Crippen LogP contribution in [0.5, 0.6) is 0 Å². The van der Waals surface area contributed by atoms with E-state index in [4.69, 9.17) is 21.4 Å². The number of hydrogen-bond donors (Lipinski definition) is 1. The molecular formula is C10H10ClN3O3. The van der Waals surface area contributed by atoms with Crippen molar-refractivity contribution in [3.63, 3.8) is 0 Å². The summed E-state index contributed by atoms with van der Waals surface area (Å²) in [4.78, 5) is 10.9. The largest absolute Gasteiger partial charge is 0.478 e. The number of carbonyl (C=O) groups is 1. The molecular weight excluding hydrogens is 246 g/mol. The summed E-state index contributed by atoms with van der Waals surface area (Å²) in [6.07, 6.45) is 1.12. The fourth-order valence-corrected chi connectivity index (χ4v) is 1.72. The second-order valence-electron chi connectivity index (χ2n) is 3.51. The molecule has 0 amide bonds. The van der Waals surface area contributed by atoms with E-state index in [1.165, 1.54) is 23.8 Å². The van der Waals surface area contributed by atoms with Crippen LogP contribution in [-0.2, 0) is 4.74 Å². The number of carboxylic acids is 1. The fraction of sp³-hybridized carbons (Fsp3) is 0.300. The first kappa shape index (κ1) is 11.8. The Bertz CT molecular complexity index is 581. The Labute approximate surface area is 102 Å². The van der Waals surface area contributed by atoms with Crippen molar-refractivity contribution in [2.24, 2.45) is 0 Å². The summed E-state index contributed by atoms with van der Waals surface area (Å²) >= 11 is 5.94. The van der Waals surface area contributed by atoms with Crippen LogP contribution in [0.4, 0.5) is 0 Å². The lowest BCUT2D eigenvalue weighted by Gasteiger charge is -2.07. The molecule has 17 heavy (non-hydrogen) atoms. The number of nitrogens with zero attached hydrogens (tertiary/aromatic N) is 3. The summed E-state index contributed by atoms with van der Waals surface area (Å²) < 4.78 is 6.66. The smallest absolute Gasteiger partial charge is 0.337 e. The number of ether oxygens (including phenoxy) is 1. The third-order valence-corrected chi connectivity index (χ3v) is 2.73. The summed E-state index contributed by atoms with van der Waals surface area (Å²) in [5, 5.41) is 17.0. The van der Waals surface area contributed by atoms with Crippen molar-refractivity contribution in [1.82, 2.24) is 14.6 Å². The van der Waals surface area contributed by atoms with E-state index in [1.807, 2.05) is 0 Å². The molecule has 90 valence electrons. The Kier molecular flexibility index (Phi) is 2.99. The quantitative estimate of drug-likeness (QED) is 0.905. The van der Waals surface area contributed by atoms with E-state index in [1.54, 1.807) is 6.92 Å². The molecule has 0 aliphatic carbocycles. The van der Waals surface area contributed by atoms with Crippen LogP contribution in [0.2, 0.25) is 5.02 Å². The Morgan fingerprint density at radius 3 is 2.88 bits per heavy atom. The van der Waals surface area contributed by atoms with E-state index in [2.05, 4.69) is 10.2 Å². The minimum Gasteiger partial charge on any atom is -0.478 e. The highest BCUT2D eigenvalue weighted by Crippen LogP contribution is 2.22. The molecule has 7 heteroatoms. The molecule has 0 saturated carbocycles.